The molecule has 6 heteroatoms. The summed E-state index contributed by atoms with van der Waals surface area (Å²) in [6.07, 6.45) is 1.32. The summed E-state index contributed by atoms with van der Waals surface area (Å²) in [6, 6.07) is 7.21. The Morgan fingerprint density at radius 1 is 1.33 bits per heavy atom. The first kappa shape index (κ1) is 15.4. The van der Waals surface area contributed by atoms with Crippen molar-refractivity contribution >= 4 is 21.6 Å². The van der Waals surface area contributed by atoms with Crippen molar-refractivity contribution in [2.24, 2.45) is 5.73 Å². The van der Waals surface area contributed by atoms with Crippen LogP contribution in [0.15, 0.2) is 24.3 Å². The second kappa shape index (κ2) is 7.09. The van der Waals surface area contributed by atoms with Crippen LogP contribution in [-0.2, 0) is 16.6 Å². The van der Waals surface area contributed by atoms with E-state index in [1.54, 1.807) is 19.2 Å². The zero-order valence-corrected chi connectivity index (χ0v) is 12.0. The Balaban J connectivity index is 2.61. The molecule has 0 heterocycles. The second-order valence-electron chi connectivity index (χ2n) is 4.20. The van der Waals surface area contributed by atoms with Crippen molar-refractivity contribution in [3.8, 4) is 0 Å². The van der Waals surface area contributed by atoms with Gasteiger partial charge in [-0.15, -0.1) is 0 Å². The smallest absolute Gasteiger partial charge is 0.214 e. The third-order valence-corrected chi connectivity index (χ3v) is 4.74. The van der Waals surface area contributed by atoms with E-state index in [4.69, 9.17) is 17.3 Å². The number of hydrogen-bond donors (Lipinski definition) is 1. The lowest BCUT2D eigenvalue weighted by Crippen LogP contribution is -2.29. The minimum Gasteiger partial charge on any atom is -0.330 e. The highest BCUT2D eigenvalue weighted by molar-refractivity contribution is 7.89. The van der Waals surface area contributed by atoms with Crippen molar-refractivity contribution in [3.05, 3.63) is 34.9 Å². The van der Waals surface area contributed by atoms with Crippen LogP contribution in [0.3, 0.4) is 0 Å². The molecule has 102 valence electrons. The predicted molar refractivity (Wildman–Crippen MR) is 75.0 cm³/mol. The molecular weight excluding hydrogens is 272 g/mol. The van der Waals surface area contributed by atoms with Crippen LogP contribution < -0.4 is 5.73 Å². The molecule has 1 aromatic carbocycles. The van der Waals surface area contributed by atoms with Crippen LogP contribution in [0.4, 0.5) is 0 Å². The van der Waals surface area contributed by atoms with Crippen molar-refractivity contribution in [2.45, 2.75) is 19.4 Å². The highest BCUT2D eigenvalue weighted by Gasteiger charge is 2.17. The van der Waals surface area contributed by atoms with E-state index in [1.165, 1.54) is 4.31 Å². The predicted octanol–water partition coefficient (Wildman–Crippen LogP) is 1.84. The zero-order chi connectivity index (χ0) is 13.6. The standard InChI is InChI=1S/C12H19ClN2O2S/c1-15(18(16,17)8-3-2-7-14)10-11-5-4-6-12(13)9-11/h4-6,9H,2-3,7-8,10,14H2,1H3. The molecule has 0 aliphatic heterocycles. The average molecular weight is 291 g/mol. The molecule has 0 saturated carbocycles. The van der Waals surface area contributed by atoms with Gasteiger partial charge in [0.15, 0.2) is 0 Å². The molecule has 0 bridgehead atoms. The van der Waals surface area contributed by atoms with Gasteiger partial charge in [0.2, 0.25) is 10.0 Å². The summed E-state index contributed by atoms with van der Waals surface area (Å²) in [6.45, 7) is 0.860. The first-order valence-corrected chi connectivity index (χ1v) is 7.83. The molecule has 0 unspecified atom stereocenters. The highest BCUT2D eigenvalue weighted by Crippen LogP contribution is 2.14. The van der Waals surface area contributed by atoms with E-state index in [2.05, 4.69) is 0 Å². The van der Waals surface area contributed by atoms with Gasteiger partial charge in [0.1, 0.15) is 0 Å². The number of halogens is 1. The Hall–Kier alpha value is -0.620. The lowest BCUT2D eigenvalue weighted by Gasteiger charge is -2.17. The minimum absolute atomic E-state index is 0.140. The van der Waals surface area contributed by atoms with Crippen molar-refractivity contribution in [3.63, 3.8) is 0 Å². The highest BCUT2D eigenvalue weighted by atomic mass is 35.5. The van der Waals surface area contributed by atoms with Gasteiger partial charge in [-0.25, -0.2) is 12.7 Å². The Morgan fingerprint density at radius 2 is 2.06 bits per heavy atom. The van der Waals surface area contributed by atoms with Gasteiger partial charge in [0.25, 0.3) is 0 Å². The van der Waals surface area contributed by atoms with Gasteiger partial charge in [-0.2, -0.15) is 0 Å². The van der Waals surface area contributed by atoms with Gasteiger partial charge in [-0.05, 0) is 37.1 Å². The monoisotopic (exact) mass is 290 g/mol. The number of rotatable bonds is 7. The third kappa shape index (κ3) is 4.94. The number of nitrogens with zero attached hydrogens (tertiary/aromatic N) is 1. The summed E-state index contributed by atoms with van der Waals surface area (Å²) in [5.41, 5.74) is 6.23. The second-order valence-corrected chi connectivity index (χ2v) is 6.83. The maximum absolute atomic E-state index is 11.9. The lowest BCUT2D eigenvalue weighted by atomic mass is 10.2. The molecule has 4 nitrogen and oxygen atoms in total. The van der Waals surface area contributed by atoms with Gasteiger partial charge < -0.3 is 5.73 Å². The van der Waals surface area contributed by atoms with E-state index in [1.807, 2.05) is 12.1 Å². The molecule has 0 amide bonds. The molecule has 0 saturated heterocycles. The van der Waals surface area contributed by atoms with Crippen LogP contribution in [0.25, 0.3) is 0 Å². The number of benzene rings is 1. The summed E-state index contributed by atoms with van der Waals surface area (Å²) in [5.74, 6) is 0.140. The number of nitrogens with two attached hydrogens (primary N) is 1. The summed E-state index contributed by atoms with van der Waals surface area (Å²) >= 11 is 5.86. The summed E-state index contributed by atoms with van der Waals surface area (Å²) in [5, 5.41) is 0.612. The molecule has 0 aromatic heterocycles. The zero-order valence-electron chi connectivity index (χ0n) is 10.5. The Morgan fingerprint density at radius 3 is 2.67 bits per heavy atom. The number of hydrogen-bond acceptors (Lipinski definition) is 3. The van der Waals surface area contributed by atoms with E-state index >= 15 is 0 Å². The van der Waals surface area contributed by atoms with Crippen molar-refractivity contribution in [2.75, 3.05) is 19.3 Å². The van der Waals surface area contributed by atoms with E-state index in [-0.39, 0.29) is 5.75 Å². The third-order valence-electron chi connectivity index (χ3n) is 2.63. The molecule has 0 radical (unpaired) electrons. The molecule has 0 atom stereocenters. The van der Waals surface area contributed by atoms with Crippen LogP contribution in [0, 0.1) is 0 Å². The largest absolute Gasteiger partial charge is 0.330 e. The van der Waals surface area contributed by atoms with Gasteiger partial charge in [-0.3, -0.25) is 0 Å². The van der Waals surface area contributed by atoms with E-state index < -0.39 is 10.0 Å². The molecular formula is C12H19ClN2O2S. The van der Waals surface area contributed by atoms with Crippen LogP contribution in [0.1, 0.15) is 18.4 Å². The Bertz CT molecular complexity index is 477. The molecule has 0 fully saturated rings. The quantitative estimate of drug-likeness (QED) is 0.780. The summed E-state index contributed by atoms with van der Waals surface area (Å²) in [7, 11) is -1.63. The fourth-order valence-corrected chi connectivity index (χ4v) is 3.01. The van der Waals surface area contributed by atoms with Gasteiger partial charge in [0.05, 0.1) is 5.75 Å². The summed E-state index contributed by atoms with van der Waals surface area (Å²) in [4.78, 5) is 0. The minimum atomic E-state index is -3.21. The van der Waals surface area contributed by atoms with E-state index in [9.17, 15) is 8.42 Å². The van der Waals surface area contributed by atoms with Crippen LogP contribution in [-0.4, -0.2) is 32.1 Å². The molecule has 2 N–H and O–H groups in total. The first-order valence-electron chi connectivity index (χ1n) is 5.84. The maximum atomic E-state index is 11.9. The molecule has 1 rings (SSSR count). The van der Waals surface area contributed by atoms with E-state index in [0.29, 0.717) is 24.5 Å². The summed E-state index contributed by atoms with van der Waals surface area (Å²) < 4.78 is 25.2. The molecule has 0 aliphatic rings. The topological polar surface area (TPSA) is 63.4 Å². The average Bonchev–Trinajstić information content (AvgIpc) is 2.29. The lowest BCUT2D eigenvalue weighted by molar-refractivity contribution is 0.465. The normalized spacial score (nSPS) is 12.0. The van der Waals surface area contributed by atoms with Crippen LogP contribution >= 0.6 is 11.6 Å². The van der Waals surface area contributed by atoms with Gasteiger partial charge in [0, 0.05) is 18.6 Å². The molecule has 0 spiro atoms. The van der Waals surface area contributed by atoms with Gasteiger partial charge in [-0.1, -0.05) is 23.7 Å². The van der Waals surface area contributed by atoms with E-state index in [0.717, 1.165) is 12.0 Å². The van der Waals surface area contributed by atoms with Crippen LogP contribution in [0.2, 0.25) is 5.02 Å². The fourth-order valence-electron chi connectivity index (χ4n) is 1.58. The first-order chi connectivity index (χ1) is 8.45. The SMILES string of the molecule is CN(Cc1cccc(Cl)c1)S(=O)(=O)CCCCN. The Kier molecular flexibility index (Phi) is 6.08. The van der Waals surface area contributed by atoms with Gasteiger partial charge >= 0.3 is 0 Å². The number of unbranched alkanes of at least 4 members (excludes halogenated alkanes) is 1. The fraction of sp³-hybridized carbons (Fsp3) is 0.500. The van der Waals surface area contributed by atoms with Crippen molar-refractivity contribution < 1.29 is 8.42 Å². The number of sulfonamides is 1. The Labute approximate surface area is 114 Å². The molecule has 1 aromatic rings. The van der Waals surface area contributed by atoms with Crippen molar-refractivity contribution in [1.29, 1.82) is 0 Å². The van der Waals surface area contributed by atoms with Crippen LogP contribution in [0.5, 0.6) is 0 Å². The van der Waals surface area contributed by atoms with Crippen molar-refractivity contribution in [1.82, 2.24) is 4.31 Å². The molecule has 0 aliphatic carbocycles. The maximum Gasteiger partial charge on any atom is 0.214 e. The molecule has 18 heavy (non-hydrogen) atoms.